The van der Waals surface area contributed by atoms with Crippen molar-refractivity contribution in [3.05, 3.63) is 0 Å². The second-order valence-electron chi connectivity index (χ2n) is 5.29. The van der Waals surface area contributed by atoms with Crippen LogP contribution in [0.5, 0.6) is 0 Å². The van der Waals surface area contributed by atoms with Gasteiger partial charge in [0.2, 0.25) is 0 Å². The zero-order valence-corrected chi connectivity index (χ0v) is 9.85. The summed E-state index contributed by atoms with van der Waals surface area (Å²) in [6.07, 6.45) is -10.6. The Bertz CT molecular complexity index is 228. The van der Waals surface area contributed by atoms with Gasteiger partial charge < -0.3 is 0 Å². The number of halogens is 6. The van der Waals surface area contributed by atoms with Crippen LogP contribution in [0.3, 0.4) is 0 Å². The molecule has 0 aromatic rings. The summed E-state index contributed by atoms with van der Waals surface area (Å²) >= 11 is 0. The molecular weight excluding hydrogens is 234 g/mol. The highest BCUT2D eigenvalue weighted by atomic mass is 19.4. The van der Waals surface area contributed by atoms with Crippen LogP contribution in [0.1, 0.15) is 34.6 Å². The van der Waals surface area contributed by atoms with Gasteiger partial charge >= 0.3 is 12.4 Å². The quantitative estimate of drug-likeness (QED) is 0.586. The molecule has 0 nitrogen and oxygen atoms in total. The number of hydrogen-bond acceptors (Lipinski definition) is 0. The average molecular weight is 250 g/mol. The molecule has 1 atom stereocenters. The highest BCUT2D eigenvalue weighted by Crippen LogP contribution is 2.58. The van der Waals surface area contributed by atoms with Crippen molar-refractivity contribution in [2.75, 3.05) is 0 Å². The van der Waals surface area contributed by atoms with Crippen LogP contribution in [0.25, 0.3) is 0 Å². The SMILES string of the molecule is C[C@@H](C(C)(C)C)C(C)(C(F)(F)F)C(F)(F)F. The van der Waals surface area contributed by atoms with Gasteiger partial charge in [0, 0.05) is 0 Å². The maximum absolute atomic E-state index is 12.7. The van der Waals surface area contributed by atoms with Crippen molar-refractivity contribution < 1.29 is 26.3 Å². The zero-order valence-electron chi connectivity index (χ0n) is 9.85. The minimum absolute atomic E-state index is 0.225. The first-order valence-corrected chi connectivity index (χ1v) is 4.79. The average Bonchev–Trinajstić information content (AvgIpc) is 1.95. The van der Waals surface area contributed by atoms with Crippen LogP contribution >= 0.6 is 0 Å². The first-order chi connectivity index (χ1) is 6.65. The Hall–Kier alpha value is -0.420. The van der Waals surface area contributed by atoms with E-state index in [1.165, 1.54) is 20.8 Å². The summed E-state index contributed by atoms with van der Waals surface area (Å²) in [5, 5.41) is 0. The summed E-state index contributed by atoms with van der Waals surface area (Å²) < 4.78 is 76.0. The predicted octanol–water partition coefficient (Wildman–Crippen LogP) is 4.80. The molecule has 0 amide bonds. The molecule has 0 aliphatic heterocycles. The zero-order chi connectivity index (χ0) is 13.6. The fourth-order valence-electron chi connectivity index (χ4n) is 1.52. The van der Waals surface area contributed by atoms with E-state index in [1.54, 1.807) is 0 Å². The van der Waals surface area contributed by atoms with Crippen LogP contribution in [-0.2, 0) is 0 Å². The Labute approximate surface area is 91.0 Å². The summed E-state index contributed by atoms with van der Waals surface area (Å²) in [7, 11) is 0. The summed E-state index contributed by atoms with van der Waals surface area (Å²) in [6.45, 7) is 5.32. The van der Waals surface area contributed by atoms with Gasteiger partial charge in [-0.2, -0.15) is 26.3 Å². The first kappa shape index (κ1) is 15.6. The molecule has 0 aliphatic carbocycles. The topological polar surface area (TPSA) is 0 Å². The Morgan fingerprint density at radius 2 is 0.938 bits per heavy atom. The van der Waals surface area contributed by atoms with Crippen molar-refractivity contribution in [1.82, 2.24) is 0 Å². The largest absolute Gasteiger partial charge is 0.403 e. The lowest BCUT2D eigenvalue weighted by Gasteiger charge is -2.44. The van der Waals surface area contributed by atoms with E-state index in [1.807, 2.05) is 0 Å². The molecule has 0 saturated heterocycles. The van der Waals surface area contributed by atoms with E-state index in [0.29, 0.717) is 0 Å². The summed E-state index contributed by atoms with van der Waals surface area (Å²) in [5.41, 5.74) is -4.77. The minimum Gasteiger partial charge on any atom is -0.170 e. The number of rotatable bonds is 1. The lowest BCUT2D eigenvalue weighted by Crippen LogP contribution is -2.55. The van der Waals surface area contributed by atoms with Crippen molar-refractivity contribution in [2.24, 2.45) is 16.7 Å². The molecule has 0 aromatic heterocycles. The van der Waals surface area contributed by atoms with Crippen LogP contribution in [0, 0.1) is 16.7 Å². The third-order valence-electron chi connectivity index (χ3n) is 3.34. The lowest BCUT2D eigenvalue weighted by molar-refractivity contribution is -0.358. The summed E-state index contributed by atoms with van der Waals surface area (Å²) in [4.78, 5) is 0. The van der Waals surface area contributed by atoms with Gasteiger partial charge in [-0.25, -0.2) is 0 Å². The molecule has 0 unspecified atom stereocenters. The van der Waals surface area contributed by atoms with Gasteiger partial charge in [0.1, 0.15) is 0 Å². The van der Waals surface area contributed by atoms with Gasteiger partial charge in [0.25, 0.3) is 0 Å². The van der Waals surface area contributed by atoms with Crippen molar-refractivity contribution in [2.45, 2.75) is 47.0 Å². The van der Waals surface area contributed by atoms with E-state index in [4.69, 9.17) is 0 Å². The van der Waals surface area contributed by atoms with Crippen LogP contribution in [0.4, 0.5) is 26.3 Å². The van der Waals surface area contributed by atoms with Gasteiger partial charge in [0.05, 0.1) is 0 Å². The normalized spacial score (nSPS) is 17.4. The molecule has 0 bridgehead atoms. The molecule has 0 saturated carbocycles. The number of hydrogen-bond donors (Lipinski definition) is 0. The molecule has 0 aliphatic rings. The predicted molar refractivity (Wildman–Crippen MR) is 48.8 cm³/mol. The maximum Gasteiger partial charge on any atom is 0.403 e. The molecular formula is C10H16F6. The molecule has 6 heteroatoms. The molecule has 0 fully saturated rings. The van der Waals surface area contributed by atoms with E-state index >= 15 is 0 Å². The molecule has 0 aromatic carbocycles. The fourth-order valence-corrected chi connectivity index (χ4v) is 1.52. The Kier molecular flexibility index (Phi) is 3.71. The van der Waals surface area contributed by atoms with Crippen molar-refractivity contribution in [1.29, 1.82) is 0 Å². The van der Waals surface area contributed by atoms with Gasteiger partial charge in [-0.15, -0.1) is 0 Å². The van der Waals surface area contributed by atoms with Crippen LogP contribution in [0.15, 0.2) is 0 Å². The monoisotopic (exact) mass is 250 g/mol. The van der Waals surface area contributed by atoms with Crippen molar-refractivity contribution in [3.8, 4) is 0 Å². The third kappa shape index (κ3) is 2.46. The Morgan fingerprint density at radius 3 is 1.00 bits per heavy atom. The van der Waals surface area contributed by atoms with E-state index in [0.717, 1.165) is 6.92 Å². The first-order valence-electron chi connectivity index (χ1n) is 4.79. The van der Waals surface area contributed by atoms with E-state index < -0.39 is 29.1 Å². The van der Waals surface area contributed by atoms with E-state index in [9.17, 15) is 26.3 Å². The molecule has 98 valence electrons. The minimum atomic E-state index is -5.31. The Morgan fingerprint density at radius 1 is 0.688 bits per heavy atom. The molecule has 0 radical (unpaired) electrons. The standard InChI is InChI=1S/C10H16F6/c1-6(7(2,3)4)8(5,9(11,12)13)10(14,15)16/h6H,1-5H3/t6-/m0/s1. The molecule has 0 heterocycles. The van der Waals surface area contributed by atoms with Gasteiger partial charge in [-0.3, -0.25) is 0 Å². The third-order valence-corrected chi connectivity index (χ3v) is 3.34. The smallest absolute Gasteiger partial charge is 0.170 e. The Balaban J connectivity index is 5.63. The van der Waals surface area contributed by atoms with Gasteiger partial charge in [-0.1, -0.05) is 27.7 Å². The second-order valence-corrected chi connectivity index (χ2v) is 5.29. The van der Waals surface area contributed by atoms with Crippen molar-refractivity contribution in [3.63, 3.8) is 0 Å². The number of alkyl halides is 6. The summed E-state index contributed by atoms with van der Waals surface area (Å²) in [6, 6.07) is 0. The molecule has 0 N–H and O–H groups in total. The second kappa shape index (κ2) is 3.81. The van der Waals surface area contributed by atoms with Crippen molar-refractivity contribution >= 4 is 0 Å². The lowest BCUT2D eigenvalue weighted by atomic mass is 9.65. The van der Waals surface area contributed by atoms with E-state index in [2.05, 4.69) is 0 Å². The van der Waals surface area contributed by atoms with Crippen LogP contribution in [-0.4, -0.2) is 12.4 Å². The van der Waals surface area contributed by atoms with Crippen LogP contribution < -0.4 is 0 Å². The maximum atomic E-state index is 12.7. The van der Waals surface area contributed by atoms with Gasteiger partial charge in [-0.05, 0) is 18.3 Å². The fraction of sp³-hybridized carbons (Fsp3) is 1.00. The van der Waals surface area contributed by atoms with E-state index in [-0.39, 0.29) is 6.92 Å². The summed E-state index contributed by atoms with van der Waals surface area (Å²) in [5.74, 6) is -1.57. The molecule has 0 rings (SSSR count). The van der Waals surface area contributed by atoms with Gasteiger partial charge in [0.15, 0.2) is 5.41 Å². The highest BCUT2D eigenvalue weighted by Gasteiger charge is 2.71. The molecule has 0 spiro atoms. The molecule has 16 heavy (non-hydrogen) atoms. The van der Waals surface area contributed by atoms with Crippen LogP contribution in [0.2, 0.25) is 0 Å². The highest BCUT2D eigenvalue weighted by molar-refractivity contribution is 4.97.